The summed E-state index contributed by atoms with van der Waals surface area (Å²) in [5, 5.41) is 14.5. The lowest BCUT2D eigenvalue weighted by Gasteiger charge is -2.28. The van der Waals surface area contributed by atoms with Gasteiger partial charge in [0.1, 0.15) is 5.82 Å². The maximum absolute atomic E-state index is 12.2. The molecule has 2 rings (SSSR count). The molecule has 114 valence electrons. The second-order valence-corrected chi connectivity index (χ2v) is 6.55. The molecule has 0 spiro atoms. The lowest BCUT2D eigenvalue weighted by Crippen LogP contribution is -2.40. The van der Waals surface area contributed by atoms with Gasteiger partial charge in [0.05, 0.1) is 5.02 Å². The standard InChI is InChI=1S/C13H15ClIN3O3/c14-9-6-16-11(5-10(9)15)18-12(19)7-2-1-3-8(4-7)17-13(20)21/h5-8,17H,1-4H2,(H,20,21)(H,16,18,19)/t7-,8-/m1/s1. The van der Waals surface area contributed by atoms with Gasteiger partial charge < -0.3 is 15.7 Å². The van der Waals surface area contributed by atoms with Crippen LogP contribution >= 0.6 is 34.2 Å². The molecule has 0 bridgehead atoms. The third kappa shape index (κ3) is 4.70. The highest BCUT2D eigenvalue weighted by atomic mass is 127. The minimum absolute atomic E-state index is 0.127. The number of hydrogen-bond donors (Lipinski definition) is 3. The number of amides is 2. The fourth-order valence-corrected chi connectivity index (χ4v) is 2.98. The number of nitrogens with zero attached hydrogens (tertiary/aromatic N) is 1. The first-order chi connectivity index (χ1) is 9.95. The Bertz CT molecular complexity index is 555. The molecule has 1 heterocycles. The number of anilines is 1. The van der Waals surface area contributed by atoms with Crippen LogP contribution in [0.1, 0.15) is 25.7 Å². The molecule has 0 saturated heterocycles. The molecular weight excluding hydrogens is 409 g/mol. The van der Waals surface area contributed by atoms with E-state index in [-0.39, 0.29) is 17.9 Å². The van der Waals surface area contributed by atoms with E-state index in [1.807, 2.05) is 0 Å². The van der Waals surface area contributed by atoms with E-state index in [1.54, 1.807) is 6.07 Å². The van der Waals surface area contributed by atoms with Crippen LogP contribution in [-0.4, -0.2) is 28.1 Å². The van der Waals surface area contributed by atoms with Crippen molar-refractivity contribution in [2.24, 2.45) is 5.92 Å². The van der Waals surface area contributed by atoms with Gasteiger partial charge in [-0.3, -0.25) is 4.79 Å². The van der Waals surface area contributed by atoms with Gasteiger partial charge in [-0.15, -0.1) is 0 Å². The third-order valence-electron chi connectivity index (χ3n) is 3.43. The van der Waals surface area contributed by atoms with Crippen molar-refractivity contribution in [3.8, 4) is 0 Å². The van der Waals surface area contributed by atoms with Gasteiger partial charge in [0.25, 0.3) is 0 Å². The minimum Gasteiger partial charge on any atom is -0.465 e. The number of hydrogen-bond acceptors (Lipinski definition) is 3. The Morgan fingerprint density at radius 2 is 2.19 bits per heavy atom. The fraction of sp³-hybridized carbons (Fsp3) is 0.462. The zero-order valence-electron chi connectivity index (χ0n) is 11.1. The van der Waals surface area contributed by atoms with E-state index in [0.29, 0.717) is 17.3 Å². The summed E-state index contributed by atoms with van der Waals surface area (Å²) in [4.78, 5) is 27.0. The lowest BCUT2D eigenvalue weighted by molar-refractivity contribution is -0.121. The number of carbonyl (C=O) groups excluding carboxylic acids is 1. The molecule has 0 radical (unpaired) electrons. The van der Waals surface area contributed by atoms with E-state index in [4.69, 9.17) is 16.7 Å². The monoisotopic (exact) mass is 423 g/mol. The molecule has 21 heavy (non-hydrogen) atoms. The van der Waals surface area contributed by atoms with Crippen molar-refractivity contribution in [2.75, 3.05) is 5.32 Å². The molecule has 6 nitrogen and oxygen atoms in total. The molecule has 8 heteroatoms. The molecule has 0 aliphatic heterocycles. The van der Waals surface area contributed by atoms with Gasteiger partial charge in [-0.2, -0.15) is 0 Å². The van der Waals surface area contributed by atoms with E-state index in [0.717, 1.165) is 22.8 Å². The quantitative estimate of drug-likeness (QED) is 0.652. The Labute approximate surface area is 140 Å². The number of pyridine rings is 1. The van der Waals surface area contributed by atoms with E-state index in [9.17, 15) is 9.59 Å². The van der Waals surface area contributed by atoms with Crippen LogP contribution < -0.4 is 10.6 Å². The van der Waals surface area contributed by atoms with Crippen molar-refractivity contribution in [1.82, 2.24) is 10.3 Å². The van der Waals surface area contributed by atoms with Gasteiger partial charge >= 0.3 is 6.09 Å². The summed E-state index contributed by atoms with van der Waals surface area (Å²) in [5.41, 5.74) is 0. The molecule has 0 aromatic carbocycles. The molecule has 1 aromatic rings. The smallest absolute Gasteiger partial charge is 0.404 e. The Balaban J connectivity index is 1.96. The molecule has 1 aliphatic carbocycles. The van der Waals surface area contributed by atoms with Crippen LogP contribution in [0.5, 0.6) is 0 Å². The van der Waals surface area contributed by atoms with Crippen LogP contribution in [0.3, 0.4) is 0 Å². The predicted octanol–water partition coefficient (Wildman–Crippen LogP) is 3.10. The van der Waals surface area contributed by atoms with Crippen molar-refractivity contribution >= 4 is 52.0 Å². The van der Waals surface area contributed by atoms with E-state index in [1.165, 1.54) is 6.20 Å². The molecule has 2 amide bonds. The molecule has 0 unspecified atom stereocenters. The largest absolute Gasteiger partial charge is 0.465 e. The highest BCUT2D eigenvalue weighted by Gasteiger charge is 2.28. The average Bonchev–Trinajstić information content (AvgIpc) is 2.42. The first-order valence-corrected chi connectivity index (χ1v) is 8.02. The molecule has 1 aromatic heterocycles. The van der Waals surface area contributed by atoms with E-state index in [2.05, 4.69) is 38.2 Å². The summed E-state index contributed by atoms with van der Waals surface area (Å²) >= 11 is 7.96. The number of carboxylic acid groups (broad SMARTS) is 1. The Hall–Kier alpha value is -1.09. The van der Waals surface area contributed by atoms with Crippen molar-refractivity contribution in [2.45, 2.75) is 31.7 Å². The lowest BCUT2D eigenvalue weighted by atomic mass is 9.85. The summed E-state index contributed by atoms with van der Waals surface area (Å²) in [5.74, 6) is 0.130. The van der Waals surface area contributed by atoms with Gasteiger partial charge in [-0.05, 0) is 47.9 Å². The van der Waals surface area contributed by atoms with E-state index >= 15 is 0 Å². The summed E-state index contributed by atoms with van der Waals surface area (Å²) in [7, 11) is 0. The molecule has 1 fully saturated rings. The van der Waals surface area contributed by atoms with Crippen molar-refractivity contribution in [1.29, 1.82) is 0 Å². The van der Waals surface area contributed by atoms with Crippen LogP contribution in [-0.2, 0) is 4.79 Å². The molecular formula is C13H15ClIN3O3. The average molecular weight is 424 g/mol. The summed E-state index contributed by atoms with van der Waals surface area (Å²) in [6.07, 6.45) is 3.32. The van der Waals surface area contributed by atoms with Crippen molar-refractivity contribution in [3.63, 3.8) is 0 Å². The second-order valence-electron chi connectivity index (χ2n) is 4.98. The van der Waals surface area contributed by atoms with Crippen LogP contribution in [0.4, 0.5) is 10.6 Å². The summed E-state index contributed by atoms with van der Waals surface area (Å²) < 4.78 is 0.814. The van der Waals surface area contributed by atoms with Crippen LogP contribution in [0.15, 0.2) is 12.3 Å². The van der Waals surface area contributed by atoms with Gasteiger partial charge in [-0.1, -0.05) is 18.0 Å². The minimum atomic E-state index is -1.05. The van der Waals surface area contributed by atoms with Crippen molar-refractivity contribution < 1.29 is 14.7 Å². The highest BCUT2D eigenvalue weighted by molar-refractivity contribution is 14.1. The second kappa shape index (κ2) is 7.26. The molecule has 1 saturated carbocycles. The number of carbonyl (C=O) groups is 2. The Morgan fingerprint density at radius 3 is 2.86 bits per heavy atom. The predicted molar refractivity (Wildman–Crippen MR) is 87.5 cm³/mol. The molecule has 2 atom stereocenters. The van der Waals surface area contributed by atoms with Gasteiger partial charge in [0.2, 0.25) is 5.91 Å². The Kier molecular flexibility index (Phi) is 5.63. The van der Waals surface area contributed by atoms with Crippen molar-refractivity contribution in [3.05, 3.63) is 20.9 Å². The first-order valence-electron chi connectivity index (χ1n) is 6.57. The zero-order chi connectivity index (χ0) is 15.4. The number of halogens is 2. The number of nitrogens with one attached hydrogen (secondary N) is 2. The van der Waals surface area contributed by atoms with Crippen LogP contribution in [0.2, 0.25) is 5.02 Å². The SMILES string of the molecule is O=C(O)N[C@@H]1CCC[C@@H](C(=O)Nc2cc(I)c(Cl)cn2)C1. The fourth-order valence-electron chi connectivity index (χ4n) is 2.44. The third-order valence-corrected chi connectivity index (χ3v) is 4.94. The maximum atomic E-state index is 12.2. The molecule has 3 N–H and O–H groups in total. The normalized spacial score (nSPS) is 21.6. The van der Waals surface area contributed by atoms with Gasteiger partial charge in [0.15, 0.2) is 0 Å². The Morgan fingerprint density at radius 1 is 1.43 bits per heavy atom. The topological polar surface area (TPSA) is 91.3 Å². The van der Waals surface area contributed by atoms with Gasteiger partial charge in [0, 0.05) is 21.7 Å². The van der Waals surface area contributed by atoms with Crippen LogP contribution in [0.25, 0.3) is 0 Å². The summed E-state index contributed by atoms with van der Waals surface area (Å²) in [6, 6.07) is 1.54. The van der Waals surface area contributed by atoms with E-state index < -0.39 is 6.09 Å². The maximum Gasteiger partial charge on any atom is 0.404 e. The number of rotatable bonds is 3. The zero-order valence-corrected chi connectivity index (χ0v) is 14.0. The van der Waals surface area contributed by atoms with Crippen LogP contribution in [0, 0.1) is 9.49 Å². The summed E-state index contributed by atoms with van der Waals surface area (Å²) in [6.45, 7) is 0. The highest BCUT2D eigenvalue weighted by Crippen LogP contribution is 2.26. The van der Waals surface area contributed by atoms with Gasteiger partial charge in [-0.25, -0.2) is 9.78 Å². The number of aromatic nitrogens is 1. The first kappa shape index (κ1) is 16.3. The molecule has 1 aliphatic rings.